The Morgan fingerprint density at radius 1 is 1.53 bits per heavy atom. The smallest absolute Gasteiger partial charge is 0.214 e. The Balaban J connectivity index is 2.07. The number of anilines is 1. The molecule has 1 saturated heterocycles. The summed E-state index contributed by atoms with van der Waals surface area (Å²) < 4.78 is 5.51. The average molecular weight is 263 g/mol. The van der Waals surface area contributed by atoms with E-state index in [-0.39, 0.29) is 11.9 Å². The van der Waals surface area contributed by atoms with Crippen LogP contribution in [0.3, 0.4) is 0 Å². The van der Waals surface area contributed by atoms with E-state index in [2.05, 4.69) is 5.16 Å². The fourth-order valence-electron chi connectivity index (χ4n) is 2.10. The number of nitrogens with two attached hydrogens (primary N) is 1. The maximum Gasteiger partial charge on any atom is 0.214 e. The summed E-state index contributed by atoms with van der Waals surface area (Å²) in [5.41, 5.74) is 6.85. The Morgan fingerprint density at radius 3 is 2.79 bits per heavy atom. The van der Waals surface area contributed by atoms with Crippen molar-refractivity contribution in [2.24, 2.45) is 10.9 Å². The first-order chi connectivity index (χ1) is 9.24. The first kappa shape index (κ1) is 13.4. The van der Waals surface area contributed by atoms with Crippen molar-refractivity contribution in [1.82, 2.24) is 0 Å². The van der Waals surface area contributed by atoms with E-state index in [1.165, 1.54) is 0 Å². The molecule has 102 valence electrons. The second-order valence-corrected chi connectivity index (χ2v) is 4.42. The van der Waals surface area contributed by atoms with E-state index in [1.54, 1.807) is 29.2 Å². The molecular formula is C13H17N3O3. The molecule has 1 aliphatic rings. The molecule has 1 fully saturated rings. The fourth-order valence-corrected chi connectivity index (χ4v) is 2.10. The molecule has 6 heteroatoms. The van der Waals surface area contributed by atoms with Gasteiger partial charge in [-0.15, -0.1) is 0 Å². The summed E-state index contributed by atoms with van der Waals surface area (Å²) in [6.07, 6.45) is 2.92. The number of nitrogens with zero attached hydrogens (tertiary/aromatic N) is 2. The number of ether oxygens (including phenoxy) is 1. The number of hydrogen-bond donors (Lipinski definition) is 2. The van der Waals surface area contributed by atoms with Crippen molar-refractivity contribution in [3.63, 3.8) is 0 Å². The molecule has 0 aromatic heterocycles. The van der Waals surface area contributed by atoms with Gasteiger partial charge in [0, 0.05) is 17.9 Å². The first-order valence-electron chi connectivity index (χ1n) is 6.16. The van der Waals surface area contributed by atoms with Crippen molar-refractivity contribution in [2.45, 2.75) is 18.9 Å². The predicted molar refractivity (Wildman–Crippen MR) is 71.3 cm³/mol. The van der Waals surface area contributed by atoms with Gasteiger partial charge in [-0.3, -0.25) is 4.79 Å². The van der Waals surface area contributed by atoms with E-state index in [9.17, 15) is 4.79 Å². The Bertz CT molecular complexity index is 453. The summed E-state index contributed by atoms with van der Waals surface area (Å²) in [5, 5.41) is 11.5. The van der Waals surface area contributed by atoms with Crippen LogP contribution in [-0.4, -0.2) is 36.7 Å². The molecule has 6 nitrogen and oxygen atoms in total. The molecule has 1 aliphatic heterocycles. The topological polar surface area (TPSA) is 88.2 Å². The summed E-state index contributed by atoms with van der Waals surface area (Å²) in [4.78, 5) is 12.8. The van der Waals surface area contributed by atoms with Gasteiger partial charge in [0.05, 0.1) is 12.6 Å². The maximum atomic E-state index is 11.2. The van der Waals surface area contributed by atoms with Crippen molar-refractivity contribution in [3.8, 4) is 0 Å². The molecule has 1 atom stereocenters. The Kier molecular flexibility index (Phi) is 4.35. The van der Waals surface area contributed by atoms with Crippen LogP contribution in [0.25, 0.3) is 0 Å². The highest BCUT2D eigenvalue weighted by Gasteiger charge is 2.19. The summed E-state index contributed by atoms with van der Waals surface area (Å²) >= 11 is 0. The zero-order valence-electron chi connectivity index (χ0n) is 10.5. The maximum absolute atomic E-state index is 11.2. The van der Waals surface area contributed by atoms with Gasteiger partial charge in [-0.1, -0.05) is 5.16 Å². The van der Waals surface area contributed by atoms with Gasteiger partial charge in [0.15, 0.2) is 5.84 Å². The second kappa shape index (κ2) is 6.19. The summed E-state index contributed by atoms with van der Waals surface area (Å²) in [5.74, 6) is 0.0447. The number of carbonyl (C=O) groups is 1. The minimum absolute atomic E-state index is 0.0447. The molecule has 3 N–H and O–H groups in total. The third-order valence-electron chi connectivity index (χ3n) is 3.15. The van der Waals surface area contributed by atoms with Crippen LogP contribution in [0.15, 0.2) is 29.4 Å². The van der Waals surface area contributed by atoms with Crippen LogP contribution in [0, 0.1) is 0 Å². The van der Waals surface area contributed by atoms with Crippen molar-refractivity contribution < 1.29 is 14.7 Å². The standard InChI is InChI=1S/C13H17N3O3/c14-13(15-18)10-3-5-11(6-4-10)16(9-17)8-12-2-1-7-19-12/h3-6,9,12,18H,1-2,7-8H2,(H2,14,15). The van der Waals surface area contributed by atoms with Gasteiger partial charge >= 0.3 is 0 Å². The summed E-state index contributed by atoms with van der Waals surface area (Å²) in [6, 6.07) is 6.93. The Labute approximate surface area is 111 Å². The molecule has 19 heavy (non-hydrogen) atoms. The van der Waals surface area contributed by atoms with Gasteiger partial charge in [0.25, 0.3) is 0 Å². The number of carbonyl (C=O) groups excluding carboxylic acids is 1. The molecule has 0 spiro atoms. The van der Waals surface area contributed by atoms with Crippen LogP contribution >= 0.6 is 0 Å². The van der Waals surface area contributed by atoms with E-state index >= 15 is 0 Å². The molecule has 1 amide bonds. The average Bonchev–Trinajstić information content (AvgIpc) is 2.97. The quantitative estimate of drug-likeness (QED) is 0.272. The molecule has 1 aromatic rings. The van der Waals surface area contributed by atoms with Crippen LogP contribution < -0.4 is 10.6 Å². The number of oxime groups is 1. The third kappa shape index (κ3) is 3.23. The predicted octanol–water partition coefficient (Wildman–Crippen LogP) is 0.923. The first-order valence-corrected chi connectivity index (χ1v) is 6.16. The van der Waals surface area contributed by atoms with Gasteiger partial charge in [-0.2, -0.15) is 0 Å². The van der Waals surface area contributed by atoms with Crippen molar-refractivity contribution in [2.75, 3.05) is 18.1 Å². The number of rotatable bonds is 5. The van der Waals surface area contributed by atoms with Gasteiger partial charge in [-0.25, -0.2) is 0 Å². The summed E-state index contributed by atoms with van der Waals surface area (Å²) in [6.45, 7) is 1.31. The minimum atomic E-state index is 0.0447. The van der Waals surface area contributed by atoms with E-state index < -0.39 is 0 Å². The Hall–Kier alpha value is -2.08. The van der Waals surface area contributed by atoms with E-state index in [0.29, 0.717) is 12.1 Å². The molecule has 0 aliphatic carbocycles. The molecule has 0 radical (unpaired) electrons. The van der Waals surface area contributed by atoms with Gasteiger partial charge in [0.1, 0.15) is 0 Å². The highest BCUT2D eigenvalue weighted by atomic mass is 16.5. The van der Waals surface area contributed by atoms with Crippen LogP contribution in [-0.2, 0) is 9.53 Å². The highest BCUT2D eigenvalue weighted by molar-refractivity contribution is 5.97. The van der Waals surface area contributed by atoms with Crippen LogP contribution in [0.4, 0.5) is 5.69 Å². The van der Waals surface area contributed by atoms with Crippen molar-refractivity contribution in [1.29, 1.82) is 0 Å². The fraction of sp³-hybridized carbons (Fsp3) is 0.385. The van der Waals surface area contributed by atoms with Gasteiger partial charge in [0.2, 0.25) is 6.41 Å². The largest absolute Gasteiger partial charge is 0.409 e. The zero-order valence-corrected chi connectivity index (χ0v) is 10.5. The van der Waals surface area contributed by atoms with Crippen molar-refractivity contribution >= 4 is 17.9 Å². The molecule has 1 heterocycles. The minimum Gasteiger partial charge on any atom is -0.409 e. The van der Waals surface area contributed by atoms with Crippen LogP contribution in [0.5, 0.6) is 0 Å². The molecule has 1 aromatic carbocycles. The lowest BCUT2D eigenvalue weighted by Gasteiger charge is -2.21. The number of amidine groups is 1. The molecule has 0 bridgehead atoms. The highest BCUT2D eigenvalue weighted by Crippen LogP contribution is 2.18. The Morgan fingerprint density at radius 2 is 2.26 bits per heavy atom. The third-order valence-corrected chi connectivity index (χ3v) is 3.15. The lowest BCUT2D eigenvalue weighted by atomic mass is 10.1. The number of benzene rings is 1. The van der Waals surface area contributed by atoms with Gasteiger partial charge < -0.3 is 20.6 Å². The monoisotopic (exact) mass is 263 g/mol. The molecule has 2 rings (SSSR count). The molecule has 1 unspecified atom stereocenters. The van der Waals surface area contributed by atoms with Crippen LogP contribution in [0.2, 0.25) is 0 Å². The second-order valence-electron chi connectivity index (χ2n) is 4.42. The van der Waals surface area contributed by atoms with E-state index in [4.69, 9.17) is 15.7 Å². The van der Waals surface area contributed by atoms with Gasteiger partial charge in [-0.05, 0) is 37.1 Å². The van der Waals surface area contributed by atoms with Crippen LogP contribution in [0.1, 0.15) is 18.4 Å². The lowest BCUT2D eigenvalue weighted by molar-refractivity contribution is -0.107. The zero-order chi connectivity index (χ0) is 13.7. The number of hydrogen-bond acceptors (Lipinski definition) is 4. The lowest BCUT2D eigenvalue weighted by Crippen LogP contribution is -2.31. The summed E-state index contributed by atoms with van der Waals surface area (Å²) in [7, 11) is 0. The molecular weight excluding hydrogens is 246 g/mol. The normalized spacial score (nSPS) is 19.4. The number of amides is 1. The SMILES string of the molecule is NC(=NO)c1ccc(N(C=O)CC2CCCO2)cc1. The van der Waals surface area contributed by atoms with E-state index in [1.807, 2.05) is 0 Å². The van der Waals surface area contributed by atoms with Crippen molar-refractivity contribution in [3.05, 3.63) is 29.8 Å². The molecule has 0 saturated carbocycles. The van der Waals surface area contributed by atoms with E-state index in [0.717, 1.165) is 31.5 Å².